The van der Waals surface area contributed by atoms with Gasteiger partial charge in [-0.1, -0.05) is 35.8 Å². The summed E-state index contributed by atoms with van der Waals surface area (Å²) in [6.45, 7) is 4.61. The lowest BCUT2D eigenvalue weighted by molar-refractivity contribution is 0.253. The topological polar surface area (TPSA) is 44.5 Å². The number of aromatic nitrogens is 1. The Morgan fingerprint density at radius 3 is 2.56 bits per heavy atom. The molecule has 1 heterocycles. The van der Waals surface area contributed by atoms with E-state index in [1.54, 1.807) is 7.11 Å². The molecule has 7 heteroatoms. The fourth-order valence-corrected chi connectivity index (χ4v) is 5.48. The molecule has 0 unspecified atom stereocenters. The summed E-state index contributed by atoms with van der Waals surface area (Å²) in [6, 6.07) is 11.9. The number of benzene rings is 2. The van der Waals surface area contributed by atoms with E-state index in [1.807, 2.05) is 47.8 Å². The Bertz CT molecular complexity index is 894. The van der Waals surface area contributed by atoms with Crippen molar-refractivity contribution in [2.24, 2.45) is 0 Å². The number of rotatable bonds is 9. The molecule has 0 fully saturated rings. The van der Waals surface area contributed by atoms with Gasteiger partial charge in [-0.3, -0.25) is 0 Å². The van der Waals surface area contributed by atoms with Crippen molar-refractivity contribution < 1.29 is 13.9 Å². The number of oxazole rings is 1. The molecule has 0 radical (unpaired) electrons. The maximum Gasteiger partial charge on any atom is 0.233 e. The van der Waals surface area contributed by atoms with Crippen LogP contribution in [0.15, 0.2) is 45.3 Å². The zero-order valence-corrected chi connectivity index (χ0v) is 18.7. The minimum absolute atomic E-state index is 0.249. The molecule has 0 aliphatic heterocycles. The van der Waals surface area contributed by atoms with Gasteiger partial charge in [-0.15, -0.1) is 23.5 Å². The number of hydrogen-bond donors (Lipinski definition) is 0. The average molecular weight is 468 g/mol. The SMILES string of the molecule is CCSC(SCC)c1ccc(OCc2nc3cc(Br)ccc3o2)c(OC)c1. The van der Waals surface area contributed by atoms with E-state index in [0.29, 0.717) is 16.2 Å². The van der Waals surface area contributed by atoms with Crippen LogP contribution >= 0.6 is 39.5 Å². The molecule has 0 bridgehead atoms. The molecule has 3 aromatic rings. The molecule has 0 atom stereocenters. The Labute approximate surface area is 176 Å². The van der Waals surface area contributed by atoms with Crippen molar-refractivity contribution in [3.63, 3.8) is 0 Å². The Morgan fingerprint density at radius 1 is 1.07 bits per heavy atom. The summed E-state index contributed by atoms with van der Waals surface area (Å²) in [7, 11) is 1.66. The maximum absolute atomic E-state index is 5.92. The van der Waals surface area contributed by atoms with Gasteiger partial charge in [-0.25, -0.2) is 4.98 Å². The van der Waals surface area contributed by atoms with E-state index in [9.17, 15) is 0 Å². The van der Waals surface area contributed by atoms with Crippen LogP contribution in [-0.2, 0) is 6.61 Å². The molecule has 0 amide bonds. The van der Waals surface area contributed by atoms with Gasteiger partial charge < -0.3 is 13.9 Å². The van der Waals surface area contributed by atoms with E-state index >= 15 is 0 Å². The largest absolute Gasteiger partial charge is 0.493 e. The molecular formula is C20H22BrNO3S2. The van der Waals surface area contributed by atoms with E-state index < -0.39 is 0 Å². The minimum atomic E-state index is 0.249. The first-order valence-corrected chi connectivity index (χ1v) is 11.6. The highest BCUT2D eigenvalue weighted by Crippen LogP contribution is 2.42. The van der Waals surface area contributed by atoms with Gasteiger partial charge in [0.1, 0.15) is 5.52 Å². The van der Waals surface area contributed by atoms with Crippen molar-refractivity contribution in [1.29, 1.82) is 0 Å². The highest BCUT2D eigenvalue weighted by Gasteiger charge is 2.15. The van der Waals surface area contributed by atoms with Crippen LogP contribution in [0.5, 0.6) is 11.5 Å². The number of methoxy groups -OCH3 is 1. The van der Waals surface area contributed by atoms with Crippen molar-refractivity contribution in [1.82, 2.24) is 4.98 Å². The summed E-state index contributed by atoms with van der Waals surface area (Å²) in [5, 5.41) is 0. The second-order valence-electron chi connectivity index (χ2n) is 5.66. The van der Waals surface area contributed by atoms with Gasteiger partial charge in [0, 0.05) is 4.47 Å². The maximum atomic E-state index is 5.92. The van der Waals surface area contributed by atoms with Gasteiger partial charge in [0.25, 0.3) is 0 Å². The predicted octanol–water partition coefficient (Wildman–Crippen LogP) is 6.68. The zero-order chi connectivity index (χ0) is 19.2. The van der Waals surface area contributed by atoms with Crippen LogP contribution in [-0.4, -0.2) is 23.6 Å². The lowest BCUT2D eigenvalue weighted by atomic mass is 10.2. The first-order valence-electron chi connectivity index (χ1n) is 8.73. The summed E-state index contributed by atoms with van der Waals surface area (Å²) in [6.07, 6.45) is 0. The lowest BCUT2D eigenvalue weighted by Gasteiger charge is -2.17. The Hall–Kier alpha value is -1.31. The fraction of sp³-hybridized carbons (Fsp3) is 0.350. The van der Waals surface area contributed by atoms with E-state index in [1.165, 1.54) is 5.56 Å². The van der Waals surface area contributed by atoms with Gasteiger partial charge in [0.2, 0.25) is 5.89 Å². The summed E-state index contributed by atoms with van der Waals surface area (Å²) < 4.78 is 18.6. The summed E-state index contributed by atoms with van der Waals surface area (Å²) in [4.78, 5) is 4.47. The Morgan fingerprint density at radius 2 is 1.85 bits per heavy atom. The molecule has 0 aliphatic carbocycles. The number of fused-ring (bicyclic) bond motifs is 1. The van der Waals surface area contributed by atoms with Crippen molar-refractivity contribution >= 4 is 50.6 Å². The molecule has 0 spiro atoms. The fourth-order valence-electron chi connectivity index (χ4n) is 2.64. The van der Waals surface area contributed by atoms with Crippen LogP contribution < -0.4 is 9.47 Å². The smallest absolute Gasteiger partial charge is 0.233 e. The van der Waals surface area contributed by atoms with Gasteiger partial charge in [-0.05, 0) is 47.4 Å². The molecule has 144 valence electrons. The van der Waals surface area contributed by atoms with Gasteiger partial charge in [0.05, 0.1) is 11.7 Å². The third-order valence-electron chi connectivity index (χ3n) is 3.84. The Balaban J connectivity index is 1.75. The predicted molar refractivity (Wildman–Crippen MR) is 118 cm³/mol. The van der Waals surface area contributed by atoms with E-state index in [-0.39, 0.29) is 6.61 Å². The molecule has 0 saturated carbocycles. The molecule has 27 heavy (non-hydrogen) atoms. The zero-order valence-electron chi connectivity index (χ0n) is 15.5. The molecule has 0 aliphatic rings. The number of thioether (sulfide) groups is 2. The van der Waals surface area contributed by atoms with Gasteiger partial charge in [-0.2, -0.15) is 0 Å². The summed E-state index contributed by atoms with van der Waals surface area (Å²) in [5.74, 6) is 4.10. The molecule has 0 saturated heterocycles. The number of hydrogen-bond acceptors (Lipinski definition) is 6. The van der Waals surface area contributed by atoms with E-state index in [4.69, 9.17) is 13.9 Å². The van der Waals surface area contributed by atoms with E-state index in [2.05, 4.69) is 46.9 Å². The van der Waals surface area contributed by atoms with Gasteiger partial charge in [0.15, 0.2) is 23.7 Å². The first kappa shape index (κ1) is 20.4. The normalized spacial score (nSPS) is 11.3. The van der Waals surface area contributed by atoms with Crippen molar-refractivity contribution in [2.75, 3.05) is 18.6 Å². The highest BCUT2D eigenvalue weighted by atomic mass is 79.9. The quantitative estimate of drug-likeness (QED) is 0.326. The third-order valence-corrected chi connectivity index (χ3v) is 6.97. The number of halogens is 1. The molecule has 4 nitrogen and oxygen atoms in total. The lowest BCUT2D eigenvalue weighted by Crippen LogP contribution is -1.99. The highest BCUT2D eigenvalue weighted by molar-refractivity contribution is 9.10. The van der Waals surface area contributed by atoms with Crippen LogP contribution in [0.1, 0.15) is 29.9 Å². The molecule has 2 aromatic carbocycles. The second kappa shape index (κ2) is 9.75. The minimum Gasteiger partial charge on any atom is -0.493 e. The molecular weight excluding hydrogens is 446 g/mol. The summed E-state index contributed by atoms with van der Waals surface area (Å²) >= 11 is 7.31. The molecule has 0 N–H and O–H groups in total. The van der Waals surface area contributed by atoms with Crippen LogP contribution in [0.4, 0.5) is 0 Å². The standard InChI is InChI=1S/C20H22BrNO3S2/c1-4-26-20(27-5-2)13-6-8-17(18(10-13)23-3)24-12-19-22-15-11-14(21)7-9-16(15)25-19/h6-11,20H,4-5,12H2,1-3H3. The average Bonchev–Trinajstić information content (AvgIpc) is 3.08. The Kier molecular flexibility index (Phi) is 7.38. The van der Waals surface area contributed by atoms with Gasteiger partial charge >= 0.3 is 0 Å². The third kappa shape index (κ3) is 5.15. The van der Waals surface area contributed by atoms with Crippen LogP contribution in [0, 0.1) is 0 Å². The van der Waals surface area contributed by atoms with Crippen molar-refractivity contribution in [3.8, 4) is 11.5 Å². The number of ether oxygens (including phenoxy) is 2. The number of nitrogens with zero attached hydrogens (tertiary/aromatic N) is 1. The van der Waals surface area contributed by atoms with Crippen molar-refractivity contribution in [3.05, 3.63) is 52.3 Å². The van der Waals surface area contributed by atoms with Crippen molar-refractivity contribution in [2.45, 2.75) is 25.0 Å². The second-order valence-corrected chi connectivity index (χ2v) is 9.64. The molecule has 1 aromatic heterocycles. The van der Waals surface area contributed by atoms with Crippen LogP contribution in [0.25, 0.3) is 11.1 Å². The van der Waals surface area contributed by atoms with Crippen LogP contribution in [0.3, 0.4) is 0 Å². The monoisotopic (exact) mass is 467 g/mol. The van der Waals surface area contributed by atoms with E-state index in [0.717, 1.165) is 32.8 Å². The first-order chi connectivity index (χ1) is 13.1. The summed E-state index contributed by atoms with van der Waals surface area (Å²) in [5.41, 5.74) is 2.79. The van der Waals surface area contributed by atoms with Crippen LogP contribution in [0.2, 0.25) is 0 Å². The molecule has 3 rings (SSSR count).